The van der Waals surface area contributed by atoms with Crippen LogP contribution >= 0.6 is 6.89 Å². The van der Waals surface area contributed by atoms with Crippen molar-refractivity contribution in [2.75, 3.05) is 0 Å². The fraction of sp³-hybridized carbons (Fsp3) is 0.0426. The Morgan fingerprint density at radius 3 is 1.51 bits per heavy atom. The van der Waals surface area contributed by atoms with Gasteiger partial charge in [0.1, 0.15) is 11.5 Å². The number of fused-ring (bicyclic) bond motifs is 13. The van der Waals surface area contributed by atoms with Gasteiger partial charge < -0.3 is 4.74 Å². The first kappa shape index (κ1) is 28.4. The van der Waals surface area contributed by atoms with Crippen molar-refractivity contribution in [2.45, 2.75) is 12.3 Å². The van der Waals surface area contributed by atoms with Crippen LogP contribution in [0.2, 0.25) is 0 Å². The molecule has 1 spiro atoms. The standard InChI is InChI=1S/C47H33OP/c1-31-21-25-39-40-26-24-36(49(2,34-15-5-3-6-16-34)35-17-7-4-8-18-35)30-44(40)47(43(39)29-31)41-27-22-32-13-9-11-19-37(32)45(41)48-46-38-20-12-10-14-33(38)23-28-42(46)47/h3-30H,2H2,1H3. The van der Waals surface area contributed by atoms with Crippen LogP contribution in [0.15, 0.2) is 170 Å². The number of aryl methyl sites for hydroxylation is 1. The van der Waals surface area contributed by atoms with Gasteiger partial charge >= 0.3 is 0 Å². The first-order chi connectivity index (χ1) is 24.1. The first-order valence-corrected chi connectivity index (χ1v) is 18.9. The average Bonchev–Trinajstić information content (AvgIpc) is 3.44. The molecule has 8 aromatic rings. The molecule has 0 N–H and O–H groups in total. The highest BCUT2D eigenvalue weighted by Crippen LogP contribution is 2.64. The molecule has 1 aliphatic carbocycles. The average molecular weight is 645 g/mol. The van der Waals surface area contributed by atoms with Gasteiger partial charge in [-0.25, -0.2) is 0 Å². The second-order valence-corrected chi connectivity index (χ2v) is 16.6. The van der Waals surface area contributed by atoms with Crippen molar-refractivity contribution < 1.29 is 4.74 Å². The normalized spacial score (nSPS) is 13.8. The van der Waals surface area contributed by atoms with Crippen LogP contribution in [0.25, 0.3) is 32.7 Å². The number of rotatable bonds is 3. The zero-order valence-electron chi connectivity index (χ0n) is 27.2. The van der Waals surface area contributed by atoms with E-state index in [0.717, 1.165) is 22.3 Å². The maximum absolute atomic E-state index is 7.18. The summed E-state index contributed by atoms with van der Waals surface area (Å²) in [6.07, 6.45) is 5.16. The van der Waals surface area contributed by atoms with Crippen molar-refractivity contribution in [1.82, 2.24) is 0 Å². The van der Waals surface area contributed by atoms with Crippen LogP contribution in [0.4, 0.5) is 0 Å². The first-order valence-electron chi connectivity index (χ1n) is 16.9. The van der Waals surface area contributed by atoms with Crippen LogP contribution in [0.5, 0.6) is 11.5 Å². The van der Waals surface area contributed by atoms with Crippen molar-refractivity contribution in [3.63, 3.8) is 0 Å². The molecule has 0 aromatic heterocycles. The summed E-state index contributed by atoms with van der Waals surface area (Å²) in [6, 6.07) is 62.5. The molecule has 1 heterocycles. The van der Waals surface area contributed by atoms with Crippen LogP contribution in [-0.2, 0) is 5.41 Å². The molecule has 0 unspecified atom stereocenters. The lowest BCUT2D eigenvalue weighted by atomic mass is 9.65. The number of hydrogen-bond donors (Lipinski definition) is 0. The molecule has 0 radical (unpaired) electrons. The van der Waals surface area contributed by atoms with Gasteiger partial charge in [-0.15, -0.1) is 0 Å². The van der Waals surface area contributed by atoms with Gasteiger partial charge in [-0.05, 0) is 68.8 Å². The third-order valence-electron chi connectivity index (χ3n) is 10.9. The lowest BCUT2D eigenvalue weighted by Gasteiger charge is -2.41. The largest absolute Gasteiger partial charge is 0.455 e. The zero-order valence-corrected chi connectivity index (χ0v) is 28.1. The predicted octanol–water partition coefficient (Wildman–Crippen LogP) is 10.5. The summed E-state index contributed by atoms with van der Waals surface area (Å²) in [5, 5.41) is 8.41. The summed E-state index contributed by atoms with van der Waals surface area (Å²) in [4.78, 5) is 0. The minimum Gasteiger partial charge on any atom is -0.455 e. The molecule has 232 valence electrons. The molecule has 0 saturated heterocycles. The van der Waals surface area contributed by atoms with E-state index in [1.165, 1.54) is 65.6 Å². The number of hydrogen-bond acceptors (Lipinski definition) is 1. The molecule has 10 rings (SSSR count). The van der Waals surface area contributed by atoms with Gasteiger partial charge in [0.05, 0.1) is 5.41 Å². The molecule has 8 aromatic carbocycles. The molecule has 0 bridgehead atoms. The minimum absolute atomic E-state index is 0.595. The van der Waals surface area contributed by atoms with Crippen molar-refractivity contribution in [3.8, 4) is 22.6 Å². The molecule has 1 nitrogen and oxygen atoms in total. The van der Waals surface area contributed by atoms with E-state index in [0.29, 0.717) is 0 Å². The van der Waals surface area contributed by atoms with Crippen molar-refractivity contribution in [2.24, 2.45) is 0 Å². The molecule has 2 heteroatoms. The Labute approximate surface area is 287 Å². The highest BCUT2D eigenvalue weighted by molar-refractivity contribution is 7.93. The Kier molecular flexibility index (Phi) is 6.05. The Balaban J connectivity index is 1.38. The lowest BCUT2D eigenvalue weighted by Crippen LogP contribution is -2.34. The fourth-order valence-corrected chi connectivity index (χ4v) is 11.5. The van der Waals surface area contributed by atoms with Crippen LogP contribution in [0.3, 0.4) is 0 Å². The summed E-state index contributed by atoms with van der Waals surface area (Å²) in [7, 11) is 0. The van der Waals surface area contributed by atoms with E-state index >= 15 is 0 Å². The molecule has 0 amide bonds. The maximum atomic E-state index is 7.18. The second-order valence-electron chi connectivity index (χ2n) is 13.4. The summed E-state index contributed by atoms with van der Waals surface area (Å²) < 4.78 is 7.18. The Morgan fingerprint density at radius 2 is 0.939 bits per heavy atom. The third-order valence-corrected chi connectivity index (χ3v) is 14.4. The van der Waals surface area contributed by atoms with Gasteiger partial charge in [0.2, 0.25) is 0 Å². The van der Waals surface area contributed by atoms with E-state index in [4.69, 9.17) is 11.0 Å². The van der Waals surface area contributed by atoms with Gasteiger partial charge in [-0.3, -0.25) is 0 Å². The van der Waals surface area contributed by atoms with Gasteiger partial charge in [0.25, 0.3) is 0 Å². The van der Waals surface area contributed by atoms with E-state index in [1.54, 1.807) is 0 Å². The van der Waals surface area contributed by atoms with Crippen LogP contribution in [0.1, 0.15) is 27.8 Å². The summed E-state index contributed by atoms with van der Waals surface area (Å²) in [5.41, 5.74) is 8.17. The van der Waals surface area contributed by atoms with Crippen LogP contribution < -0.4 is 20.7 Å². The van der Waals surface area contributed by atoms with Gasteiger partial charge in [-0.1, -0.05) is 176 Å². The molecular formula is C47H33OP. The molecule has 0 fully saturated rings. The predicted molar refractivity (Wildman–Crippen MR) is 209 cm³/mol. The molecule has 1 aliphatic heterocycles. The van der Waals surface area contributed by atoms with E-state index in [2.05, 4.69) is 177 Å². The van der Waals surface area contributed by atoms with E-state index < -0.39 is 12.3 Å². The van der Waals surface area contributed by atoms with Crippen LogP contribution in [-0.4, -0.2) is 6.30 Å². The highest BCUT2D eigenvalue weighted by Gasteiger charge is 2.52. The van der Waals surface area contributed by atoms with Crippen molar-refractivity contribution in [1.29, 1.82) is 0 Å². The van der Waals surface area contributed by atoms with Gasteiger partial charge in [0, 0.05) is 21.9 Å². The highest BCUT2D eigenvalue weighted by atomic mass is 31.2. The van der Waals surface area contributed by atoms with Gasteiger partial charge in [-0.2, -0.15) is 0 Å². The fourth-order valence-electron chi connectivity index (χ4n) is 8.60. The minimum atomic E-state index is -2.26. The maximum Gasteiger partial charge on any atom is 0.140 e. The molecule has 49 heavy (non-hydrogen) atoms. The Bertz CT molecular complexity index is 2540. The van der Waals surface area contributed by atoms with E-state index in [9.17, 15) is 0 Å². The van der Waals surface area contributed by atoms with E-state index in [1.807, 2.05) is 0 Å². The topological polar surface area (TPSA) is 9.23 Å². The third kappa shape index (κ3) is 3.83. The molecule has 2 aliphatic rings. The molecule has 0 saturated carbocycles. The van der Waals surface area contributed by atoms with Crippen molar-refractivity contribution in [3.05, 3.63) is 198 Å². The quantitative estimate of drug-likeness (QED) is 0.174. The summed E-state index contributed by atoms with van der Waals surface area (Å²) >= 11 is 0. The van der Waals surface area contributed by atoms with Crippen molar-refractivity contribution >= 4 is 50.6 Å². The SMILES string of the molecule is C=P(c1ccccc1)(c1ccccc1)c1ccc2c(c1)C1(c3cc(C)ccc3-2)c2ccc3ccccc3c2Oc2c1ccc1ccccc21. The summed E-state index contributed by atoms with van der Waals surface area (Å²) in [6.45, 7) is -0.0499. The number of benzene rings is 8. The van der Waals surface area contributed by atoms with E-state index in [-0.39, 0.29) is 0 Å². The smallest absolute Gasteiger partial charge is 0.140 e. The van der Waals surface area contributed by atoms with Crippen LogP contribution in [0, 0.1) is 6.92 Å². The van der Waals surface area contributed by atoms with Gasteiger partial charge in [0.15, 0.2) is 0 Å². The molecule has 0 atom stereocenters. The number of ether oxygens (including phenoxy) is 1. The summed E-state index contributed by atoms with van der Waals surface area (Å²) in [5.74, 6) is 1.88. The Morgan fingerprint density at radius 1 is 0.449 bits per heavy atom. The monoisotopic (exact) mass is 644 g/mol. The Hall–Kier alpha value is -5.62. The second kappa shape index (κ2) is 10.4. The molecular weight excluding hydrogens is 611 g/mol. The zero-order chi connectivity index (χ0) is 32.7. The lowest BCUT2D eigenvalue weighted by molar-refractivity contribution is 0.447.